The second-order valence-electron chi connectivity index (χ2n) is 7.35. The monoisotopic (exact) mass is 591 g/mol. The maximum atomic E-state index is 13.6. The molecule has 0 aromatic heterocycles. The van der Waals surface area contributed by atoms with Crippen molar-refractivity contribution in [3.63, 3.8) is 0 Å². The highest BCUT2D eigenvalue weighted by atomic mass is 79.9. The van der Waals surface area contributed by atoms with Gasteiger partial charge in [0, 0.05) is 18.2 Å². The van der Waals surface area contributed by atoms with E-state index in [4.69, 9.17) is 9.47 Å². The molecule has 1 saturated heterocycles. The minimum Gasteiger partial charge on any atom is -0.461 e. The number of fused-ring (bicyclic) bond motifs is 1. The van der Waals surface area contributed by atoms with Crippen LogP contribution in [0.25, 0.3) is 0 Å². The molecule has 0 unspecified atom stereocenters. The van der Waals surface area contributed by atoms with Crippen molar-refractivity contribution in [2.75, 3.05) is 12.4 Å². The topological polar surface area (TPSA) is 72.9 Å². The zero-order valence-corrected chi connectivity index (χ0v) is 21.5. The number of ether oxygens (including phenoxy) is 2. The van der Waals surface area contributed by atoms with Gasteiger partial charge < -0.3 is 9.47 Å². The van der Waals surface area contributed by atoms with Crippen LogP contribution in [0.15, 0.2) is 80.9 Å². The average Bonchev–Trinajstić information content (AvgIpc) is 2.81. The summed E-state index contributed by atoms with van der Waals surface area (Å²) in [6.45, 7) is 1.22. The quantitative estimate of drug-likeness (QED) is 0.265. The molecule has 1 fully saturated rings. The Kier molecular flexibility index (Phi) is 7.41. The number of carbonyl (C=O) groups excluding carboxylic acids is 3. The summed E-state index contributed by atoms with van der Waals surface area (Å²) in [6.07, 6.45) is -0.662. The summed E-state index contributed by atoms with van der Waals surface area (Å²) in [5.41, 5.74) is 2.82. The number of carbonyl (C=O) groups is 3. The van der Waals surface area contributed by atoms with E-state index in [1.165, 1.54) is 23.6 Å². The van der Waals surface area contributed by atoms with Crippen LogP contribution < -0.4 is 0 Å². The standard InChI is InChI=1S/C24H19Br2NO5S/c1-14(28)31-12-17-13-33-23-18(21(25)26)22(29)27(23)19(17)24(30)32-20(15-8-4-2-5-9-15)16-10-6-3-7-11-16/h2-11,20,23H,12-13H2,1H3/t23-/m1/s1. The Labute approximate surface area is 212 Å². The number of β-lactam (4-membered cyclic amide) rings is 1. The van der Waals surface area contributed by atoms with Crippen molar-refractivity contribution < 1.29 is 23.9 Å². The van der Waals surface area contributed by atoms with Crippen molar-refractivity contribution in [2.24, 2.45) is 0 Å². The number of rotatable bonds is 6. The first-order valence-electron chi connectivity index (χ1n) is 10.0. The maximum Gasteiger partial charge on any atom is 0.356 e. The van der Waals surface area contributed by atoms with Crippen LogP contribution in [0.3, 0.4) is 0 Å². The van der Waals surface area contributed by atoms with Crippen LogP contribution in [0.2, 0.25) is 0 Å². The van der Waals surface area contributed by atoms with E-state index >= 15 is 0 Å². The molecular formula is C24H19Br2NO5S. The van der Waals surface area contributed by atoms with Crippen LogP contribution in [-0.2, 0) is 23.9 Å². The van der Waals surface area contributed by atoms with Gasteiger partial charge in [-0.3, -0.25) is 14.5 Å². The lowest BCUT2D eigenvalue weighted by molar-refractivity contribution is -0.149. The van der Waals surface area contributed by atoms with Gasteiger partial charge in [-0.15, -0.1) is 11.8 Å². The molecule has 0 saturated carbocycles. The molecule has 0 spiro atoms. The van der Waals surface area contributed by atoms with Crippen molar-refractivity contribution in [3.05, 3.63) is 92.0 Å². The first kappa shape index (κ1) is 23.8. The van der Waals surface area contributed by atoms with Gasteiger partial charge >= 0.3 is 11.9 Å². The third-order valence-electron chi connectivity index (χ3n) is 5.20. The lowest BCUT2D eigenvalue weighted by Gasteiger charge is -2.46. The molecule has 9 heteroatoms. The normalized spacial score (nSPS) is 17.5. The van der Waals surface area contributed by atoms with Crippen LogP contribution in [-0.4, -0.2) is 40.5 Å². The first-order chi connectivity index (χ1) is 15.9. The van der Waals surface area contributed by atoms with Crippen LogP contribution in [0.1, 0.15) is 24.2 Å². The minimum atomic E-state index is -0.662. The highest BCUT2D eigenvalue weighted by Crippen LogP contribution is 2.47. The molecule has 0 bridgehead atoms. The number of amides is 1. The van der Waals surface area contributed by atoms with Crippen LogP contribution in [0.4, 0.5) is 0 Å². The smallest absolute Gasteiger partial charge is 0.356 e. The number of halogens is 2. The van der Waals surface area contributed by atoms with E-state index in [9.17, 15) is 14.4 Å². The van der Waals surface area contributed by atoms with Crippen molar-refractivity contribution >= 4 is 61.5 Å². The second kappa shape index (κ2) is 10.3. The fourth-order valence-electron chi connectivity index (χ4n) is 3.66. The zero-order chi connectivity index (χ0) is 23.5. The minimum absolute atomic E-state index is 0.0842. The van der Waals surface area contributed by atoms with Crippen molar-refractivity contribution in [3.8, 4) is 0 Å². The third kappa shape index (κ3) is 4.95. The van der Waals surface area contributed by atoms with E-state index in [0.29, 0.717) is 20.3 Å². The van der Waals surface area contributed by atoms with E-state index in [0.717, 1.165) is 11.1 Å². The van der Waals surface area contributed by atoms with E-state index in [1.807, 2.05) is 60.7 Å². The van der Waals surface area contributed by atoms with Gasteiger partial charge in [0.05, 0.1) is 8.96 Å². The molecule has 1 amide bonds. The molecule has 2 aromatic rings. The number of hydrogen-bond acceptors (Lipinski definition) is 6. The summed E-state index contributed by atoms with van der Waals surface area (Å²) in [5.74, 6) is -0.991. The Hall–Kier alpha value is -2.36. The van der Waals surface area contributed by atoms with Gasteiger partial charge in [0.25, 0.3) is 5.91 Å². The first-order valence-corrected chi connectivity index (χ1v) is 12.7. The molecule has 0 aliphatic carbocycles. The van der Waals surface area contributed by atoms with Gasteiger partial charge in [-0.25, -0.2) is 4.79 Å². The molecule has 0 N–H and O–H groups in total. The molecule has 2 aromatic carbocycles. The van der Waals surface area contributed by atoms with Gasteiger partial charge in [-0.05, 0) is 43.0 Å². The highest BCUT2D eigenvalue weighted by Gasteiger charge is 2.51. The van der Waals surface area contributed by atoms with E-state index < -0.39 is 18.0 Å². The number of esters is 2. The molecule has 4 rings (SSSR count). The summed E-state index contributed by atoms with van der Waals surface area (Å²) in [7, 11) is 0. The fourth-order valence-corrected chi connectivity index (χ4v) is 6.05. The Balaban J connectivity index is 1.71. The number of benzene rings is 2. The third-order valence-corrected chi connectivity index (χ3v) is 7.33. The summed E-state index contributed by atoms with van der Waals surface area (Å²) in [4.78, 5) is 39.3. The van der Waals surface area contributed by atoms with Crippen LogP contribution in [0, 0.1) is 0 Å². The molecule has 2 aliphatic rings. The summed E-state index contributed by atoms with van der Waals surface area (Å²) >= 11 is 8.10. The largest absolute Gasteiger partial charge is 0.461 e. The lowest BCUT2D eigenvalue weighted by Crippen LogP contribution is -2.56. The number of thioether (sulfide) groups is 1. The van der Waals surface area contributed by atoms with Gasteiger partial charge in [0.15, 0.2) is 6.10 Å². The van der Waals surface area contributed by atoms with Crippen LogP contribution >= 0.6 is 43.6 Å². The summed E-state index contributed by atoms with van der Waals surface area (Å²) < 4.78 is 11.7. The van der Waals surface area contributed by atoms with E-state index in [2.05, 4.69) is 31.9 Å². The van der Waals surface area contributed by atoms with E-state index in [1.54, 1.807) is 0 Å². The van der Waals surface area contributed by atoms with Gasteiger partial charge in [-0.1, -0.05) is 60.7 Å². The summed E-state index contributed by atoms with van der Waals surface area (Å²) in [6, 6.07) is 18.8. The van der Waals surface area contributed by atoms with Crippen molar-refractivity contribution in [1.82, 2.24) is 4.90 Å². The number of nitrogens with zero attached hydrogens (tertiary/aromatic N) is 1. The van der Waals surface area contributed by atoms with Gasteiger partial charge in [-0.2, -0.15) is 0 Å². The molecule has 33 heavy (non-hydrogen) atoms. The van der Waals surface area contributed by atoms with Crippen molar-refractivity contribution in [2.45, 2.75) is 18.4 Å². The van der Waals surface area contributed by atoms with Crippen LogP contribution in [0.5, 0.6) is 0 Å². The van der Waals surface area contributed by atoms with Crippen molar-refractivity contribution in [1.29, 1.82) is 0 Å². The second-order valence-corrected chi connectivity index (χ2v) is 11.1. The number of hydrogen-bond donors (Lipinski definition) is 0. The molecule has 2 aliphatic heterocycles. The lowest BCUT2D eigenvalue weighted by atomic mass is 10.0. The predicted molar refractivity (Wildman–Crippen MR) is 132 cm³/mol. The Morgan fingerprint density at radius 2 is 1.64 bits per heavy atom. The molecule has 2 heterocycles. The molecule has 0 radical (unpaired) electrons. The average molecular weight is 593 g/mol. The highest BCUT2D eigenvalue weighted by molar-refractivity contribution is 9.28. The molecule has 170 valence electrons. The van der Waals surface area contributed by atoms with Gasteiger partial charge in [0.2, 0.25) is 0 Å². The zero-order valence-electron chi connectivity index (χ0n) is 17.5. The van der Waals surface area contributed by atoms with Gasteiger partial charge in [0.1, 0.15) is 17.7 Å². The Morgan fingerprint density at radius 1 is 1.06 bits per heavy atom. The fraction of sp³-hybridized carbons (Fsp3) is 0.208. The molecule has 6 nitrogen and oxygen atoms in total. The Morgan fingerprint density at radius 3 is 2.15 bits per heavy atom. The van der Waals surface area contributed by atoms with E-state index in [-0.39, 0.29) is 23.6 Å². The maximum absolute atomic E-state index is 13.6. The Bertz CT molecular complexity index is 1110. The summed E-state index contributed by atoms with van der Waals surface area (Å²) in [5, 5.41) is -0.332. The predicted octanol–water partition coefficient (Wildman–Crippen LogP) is 5.05. The SMILES string of the molecule is CC(=O)OCC1=C(C(=O)OC(c2ccccc2)c2ccccc2)N2C(=O)C(=C(Br)Br)[C@H]2SC1. The molecular weight excluding hydrogens is 574 g/mol. The molecule has 1 atom stereocenters.